The second-order valence-electron chi connectivity index (χ2n) is 5.30. The molecule has 2 N–H and O–H groups in total. The van der Waals surface area contributed by atoms with E-state index in [-0.39, 0.29) is 0 Å². The van der Waals surface area contributed by atoms with Gasteiger partial charge in [-0.2, -0.15) is 0 Å². The number of piperazine rings is 1. The molecule has 2 atom stereocenters. The first-order chi connectivity index (χ1) is 7.79. The van der Waals surface area contributed by atoms with Crippen LogP contribution in [-0.4, -0.2) is 74.4 Å². The molecule has 4 nitrogen and oxygen atoms in total. The van der Waals surface area contributed by atoms with Crippen molar-refractivity contribution < 1.29 is 5.11 Å². The second kappa shape index (κ2) is 5.96. The number of nitrogens with one attached hydrogen (secondary N) is 1. The molecular formula is C12H25N3O. The Labute approximate surface area is 98.6 Å². The molecule has 0 bridgehead atoms. The Morgan fingerprint density at radius 3 is 2.62 bits per heavy atom. The van der Waals surface area contributed by atoms with Gasteiger partial charge in [-0.05, 0) is 38.4 Å². The second-order valence-corrected chi connectivity index (χ2v) is 5.30. The van der Waals surface area contributed by atoms with Crippen LogP contribution in [0, 0.1) is 11.8 Å². The van der Waals surface area contributed by atoms with E-state index in [1.165, 1.54) is 19.5 Å². The van der Waals surface area contributed by atoms with Crippen molar-refractivity contribution in [2.75, 3.05) is 59.5 Å². The highest BCUT2D eigenvalue weighted by molar-refractivity contribution is 4.81. The van der Waals surface area contributed by atoms with E-state index in [0.29, 0.717) is 18.4 Å². The summed E-state index contributed by atoms with van der Waals surface area (Å²) >= 11 is 0. The fraction of sp³-hybridized carbons (Fsp3) is 1.00. The summed E-state index contributed by atoms with van der Waals surface area (Å²) in [6.07, 6.45) is 1.24. The van der Waals surface area contributed by atoms with Gasteiger partial charge in [0.15, 0.2) is 0 Å². The molecule has 2 aliphatic rings. The topological polar surface area (TPSA) is 38.7 Å². The van der Waals surface area contributed by atoms with Crippen LogP contribution in [-0.2, 0) is 0 Å². The average Bonchev–Trinajstić information content (AvgIpc) is 2.82. The third-order valence-electron chi connectivity index (χ3n) is 4.09. The molecule has 2 heterocycles. The van der Waals surface area contributed by atoms with Gasteiger partial charge in [0, 0.05) is 39.3 Å². The van der Waals surface area contributed by atoms with E-state index < -0.39 is 0 Å². The smallest absolute Gasteiger partial charge is 0.0474 e. The first-order valence-corrected chi connectivity index (χ1v) is 6.52. The van der Waals surface area contributed by atoms with Gasteiger partial charge in [0.2, 0.25) is 0 Å². The summed E-state index contributed by atoms with van der Waals surface area (Å²) in [4.78, 5) is 4.89. The van der Waals surface area contributed by atoms with Crippen LogP contribution in [0.4, 0.5) is 0 Å². The van der Waals surface area contributed by atoms with E-state index >= 15 is 0 Å². The Bertz CT molecular complexity index is 198. The molecule has 0 aromatic rings. The maximum absolute atomic E-state index is 9.50. The fourth-order valence-electron chi connectivity index (χ4n) is 2.80. The van der Waals surface area contributed by atoms with Gasteiger partial charge in [-0.25, -0.2) is 0 Å². The van der Waals surface area contributed by atoms with Crippen LogP contribution in [0.5, 0.6) is 0 Å². The van der Waals surface area contributed by atoms with E-state index in [0.717, 1.165) is 32.7 Å². The minimum absolute atomic E-state index is 0.346. The average molecular weight is 227 g/mol. The lowest BCUT2D eigenvalue weighted by molar-refractivity contribution is 0.0923. The van der Waals surface area contributed by atoms with E-state index in [9.17, 15) is 5.11 Å². The van der Waals surface area contributed by atoms with Crippen LogP contribution >= 0.6 is 0 Å². The number of nitrogens with zero attached hydrogens (tertiary/aromatic N) is 2. The molecular weight excluding hydrogens is 202 g/mol. The van der Waals surface area contributed by atoms with Gasteiger partial charge in [0.05, 0.1) is 0 Å². The molecule has 16 heavy (non-hydrogen) atoms. The molecule has 94 valence electrons. The van der Waals surface area contributed by atoms with Crippen molar-refractivity contribution in [1.82, 2.24) is 15.1 Å². The van der Waals surface area contributed by atoms with E-state index in [4.69, 9.17) is 0 Å². The number of hydrogen-bond acceptors (Lipinski definition) is 4. The first-order valence-electron chi connectivity index (χ1n) is 6.52. The zero-order valence-corrected chi connectivity index (χ0v) is 10.4. The van der Waals surface area contributed by atoms with Crippen LogP contribution in [0.2, 0.25) is 0 Å². The maximum Gasteiger partial charge on any atom is 0.0474 e. The van der Waals surface area contributed by atoms with Gasteiger partial charge < -0.3 is 20.2 Å². The third kappa shape index (κ3) is 3.17. The summed E-state index contributed by atoms with van der Waals surface area (Å²) < 4.78 is 0. The monoisotopic (exact) mass is 227 g/mol. The molecule has 0 aromatic carbocycles. The van der Waals surface area contributed by atoms with Crippen LogP contribution in [0.25, 0.3) is 0 Å². The maximum atomic E-state index is 9.50. The van der Waals surface area contributed by atoms with Crippen molar-refractivity contribution in [3.63, 3.8) is 0 Å². The lowest BCUT2D eigenvalue weighted by Crippen LogP contribution is -2.47. The Hall–Kier alpha value is -0.160. The minimum atomic E-state index is 0.346. The summed E-state index contributed by atoms with van der Waals surface area (Å²) in [5, 5.41) is 12.9. The summed E-state index contributed by atoms with van der Waals surface area (Å²) in [6, 6.07) is 0. The van der Waals surface area contributed by atoms with Gasteiger partial charge in [0.25, 0.3) is 0 Å². The molecule has 0 spiro atoms. The zero-order valence-electron chi connectivity index (χ0n) is 10.4. The Morgan fingerprint density at radius 1 is 1.31 bits per heavy atom. The summed E-state index contributed by atoms with van der Waals surface area (Å²) in [5.74, 6) is 1.16. The van der Waals surface area contributed by atoms with Gasteiger partial charge in [-0.3, -0.25) is 0 Å². The Balaban J connectivity index is 1.77. The lowest BCUT2D eigenvalue weighted by atomic mass is 9.91. The van der Waals surface area contributed by atoms with E-state index in [1.807, 2.05) is 0 Å². The first kappa shape index (κ1) is 12.3. The van der Waals surface area contributed by atoms with Crippen molar-refractivity contribution in [3.8, 4) is 0 Å². The predicted octanol–water partition coefficient (Wildman–Crippen LogP) is -0.548. The van der Waals surface area contributed by atoms with Gasteiger partial charge in [0.1, 0.15) is 0 Å². The van der Waals surface area contributed by atoms with Crippen molar-refractivity contribution >= 4 is 0 Å². The number of hydrogen-bond donors (Lipinski definition) is 2. The molecule has 2 rings (SSSR count). The molecule has 2 fully saturated rings. The van der Waals surface area contributed by atoms with Crippen molar-refractivity contribution in [1.29, 1.82) is 0 Å². The highest BCUT2D eigenvalue weighted by Crippen LogP contribution is 2.20. The minimum Gasteiger partial charge on any atom is -0.396 e. The molecule has 0 amide bonds. The third-order valence-corrected chi connectivity index (χ3v) is 4.09. The molecule has 2 unspecified atom stereocenters. The quantitative estimate of drug-likeness (QED) is 0.676. The number of rotatable bonds is 4. The van der Waals surface area contributed by atoms with E-state index in [1.54, 1.807) is 0 Å². The summed E-state index contributed by atoms with van der Waals surface area (Å²) in [5.41, 5.74) is 0. The Kier molecular flexibility index (Phi) is 4.58. The Morgan fingerprint density at radius 2 is 2.06 bits per heavy atom. The highest BCUT2D eigenvalue weighted by atomic mass is 16.3. The molecule has 0 aromatic heterocycles. The van der Waals surface area contributed by atoms with Crippen LogP contribution < -0.4 is 5.32 Å². The molecule has 2 aliphatic heterocycles. The van der Waals surface area contributed by atoms with E-state index in [2.05, 4.69) is 22.2 Å². The fourth-order valence-corrected chi connectivity index (χ4v) is 2.80. The number of likely N-dealkylation sites (N-methyl/N-ethyl adjacent to an activating group) is 1. The largest absolute Gasteiger partial charge is 0.396 e. The highest BCUT2D eigenvalue weighted by Gasteiger charge is 2.26. The van der Waals surface area contributed by atoms with Crippen molar-refractivity contribution in [2.24, 2.45) is 11.8 Å². The number of aliphatic hydroxyl groups excluding tert-OH is 1. The molecule has 0 saturated carbocycles. The number of aliphatic hydroxyl groups is 1. The predicted molar refractivity (Wildman–Crippen MR) is 65.5 cm³/mol. The molecule has 0 radical (unpaired) electrons. The van der Waals surface area contributed by atoms with Gasteiger partial charge >= 0.3 is 0 Å². The van der Waals surface area contributed by atoms with Crippen molar-refractivity contribution in [3.05, 3.63) is 0 Å². The molecule has 4 heteroatoms. The molecule has 2 saturated heterocycles. The van der Waals surface area contributed by atoms with Crippen LogP contribution in [0.1, 0.15) is 6.42 Å². The summed E-state index contributed by atoms with van der Waals surface area (Å²) in [7, 11) is 2.18. The lowest BCUT2D eigenvalue weighted by Gasteiger charge is -2.35. The zero-order chi connectivity index (χ0) is 11.4. The SMILES string of the molecule is CN1CCN(CC(CO)C2CCNC2)CC1. The normalized spacial score (nSPS) is 30.8. The van der Waals surface area contributed by atoms with Gasteiger partial charge in [-0.1, -0.05) is 0 Å². The summed E-state index contributed by atoms with van der Waals surface area (Å²) in [6.45, 7) is 8.31. The van der Waals surface area contributed by atoms with Gasteiger partial charge in [-0.15, -0.1) is 0 Å². The van der Waals surface area contributed by atoms with Crippen LogP contribution in [0.3, 0.4) is 0 Å². The van der Waals surface area contributed by atoms with Crippen molar-refractivity contribution in [2.45, 2.75) is 6.42 Å². The standard InChI is InChI=1S/C12H25N3O/c1-14-4-6-15(7-5-14)9-12(10-16)11-2-3-13-8-11/h11-13,16H,2-10H2,1H3. The molecule has 0 aliphatic carbocycles. The van der Waals surface area contributed by atoms with Crippen LogP contribution in [0.15, 0.2) is 0 Å².